The van der Waals surface area contributed by atoms with Gasteiger partial charge in [-0.1, -0.05) is 37.2 Å². The van der Waals surface area contributed by atoms with E-state index in [1.807, 2.05) is 31.2 Å². The zero-order valence-electron chi connectivity index (χ0n) is 16.9. The Kier molecular flexibility index (Phi) is 7.10. The van der Waals surface area contributed by atoms with Crippen LogP contribution in [0.4, 0.5) is 0 Å². The molecular formula is C24H22N2O3S. The number of phenols is 1. The second-order valence-corrected chi connectivity index (χ2v) is 7.95. The fourth-order valence-electron chi connectivity index (χ4n) is 3.02. The Labute approximate surface area is 180 Å². The van der Waals surface area contributed by atoms with Gasteiger partial charge in [0.05, 0.1) is 11.1 Å². The van der Waals surface area contributed by atoms with Crippen LogP contribution in [0.25, 0.3) is 0 Å². The summed E-state index contributed by atoms with van der Waals surface area (Å²) in [5, 5.41) is 19.4. The summed E-state index contributed by atoms with van der Waals surface area (Å²) < 4.78 is 5.96. The number of benzene rings is 2. The summed E-state index contributed by atoms with van der Waals surface area (Å²) in [5.41, 5.74) is 2.51. The number of hydrogen-bond acceptors (Lipinski definition) is 6. The SMILES string of the molecule is CCCc1c(OCc2ccc(Sc3cncc(C#N)c3)cc2)ccc(C(C)=O)c1O. The number of nitriles is 1. The van der Waals surface area contributed by atoms with Crippen LogP contribution >= 0.6 is 11.8 Å². The number of aromatic nitrogens is 1. The van der Waals surface area contributed by atoms with Gasteiger partial charge in [0.1, 0.15) is 24.2 Å². The standard InChI is InChI=1S/C24H22N2O3S/c1-3-4-22-23(10-9-21(16(2)27)24(22)28)29-15-17-5-7-19(8-6-17)30-20-11-18(12-25)13-26-14-20/h5-11,13-14,28H,3-4,15H2,1-2H3. The highest BCUT2D eigenvalue weighted by Crippen LogP contribution is 2.33. The Hall–Kier alpha value is -3.30. The van der Waals surface area contributed by atoms with E-state index in [1.54, 1.807) is 24.4 Å². The van der Waals surface area contributed by atoms with Gasteiger partial charge in [-0.15, -0.1) is 0 Å². The van der Waals surface area contributed by atoms with Crippen molar-refractivity contribution in [1.82, 2.24) is 4.98 Å². The zero-order valence-corrected chi connectivity index (χ0v) is 17.7. The lowest BCUT2D eigenvalue weighted by atomic mass is 10.0. The van der Waals surface area contributed by atoms with Crippen LogP contribution in [0.3, 0.4) is 0 Å². The summed E-state index contributed by atoms with van der Waals surface area (Å²) in [6.45, 7) is 3.81. The Bertz CT molecular complexity index is 1090. The summed E-state index contributed by atoms with van der Waals surface area (Å²) in [6.07, 6.45) is 4.74. The molecule has 0 aliphatic carbocycles. The number of aromatic hydroxyl groups is 1. The van der Waals surface area contributed by atoms with Gasteiger partial charge in [-0.05, 0) is 49.2 Å². The van der Waals surface area contributed by atoms with Gasteiger partial charge in [0.25, 0.3) is 0 Å². The van der Waals surface area contributed by atoms with Gasteiger partial charge in [-0.3, -0.25) is 9.78 Å². The fourth-order valence-corrected chi connectivity index (χ4v) is 3.86. The van der Waals surface area contributed by atoms with Crippen molar-refractivity contribution in [2.45, 2.75) is 43.1 Å². The maximum atomic E-state index is 11.7. The van der Waals surface area contributed by atoms with Gasteiger partial charge < -0.3 is 9.84 Å². The maximum absolute atomic E-state index is 11.7. The van der Waals surface area contributed by atoms with E-state index in [-0.39, 0.29) is 11.5 Å². The number of carbonyl (C=O) groups excluding carboxylic acids is 1. The molecule has 2 aromatic carbocycles. The highest BCUT2D eigenvalue weighted by molar-refractivity contribution is 7.99. The number of phenolic OH excluding ortho intramolecular Hbond substituents is 1. The third-order valence-electron chi connectivity index (χ3n) is 4.51. The van der Waals surface area contributed by atoms with Crippen molar-refractivity contribution in [3.8, 4) is 17.6 Å². The average Bonchev–Trinajstić information content (AvgIpc) is 2.75. The number of hydrogen-bond donors (Lipinski definition) is 1. The Morgan fingerprint density at radius 2 is 1.93 bits per heavy atom. The number of ketones is 1. The molecule has 152 valence electrons. The van der Waals surface area contributed by atoms with Gasteiger partial charge in [0, 0.05) is 27.7 Å². The number of ether oxygens (including phenoxy) is 1. The fraction of sp³-hybridized carbons (Fsp3) is 0.208. The smallest absolute Gasteiger partial charge is 0.163 e. The molecule has 0 unspecified atom stereocenters. The van der Waals surface area contributed by atoms with Gasteiger partial charge in [0.15, 0.2) is 5.78 Å². The first-order chi connectivity index (χ1) is 14.5. The topological polar surface area (TPSA) is 83.2 Å². The van der Waals surface area contributed by atoms with Crippen molar-refractivity contribution in [3.05, 3.63) is 77.1 Å². The Balaban J connectivity index is 1.70. The van der Waals surface area contributed by atoms with Crippen LogP contribution in [0, 0.1) is 11.3 Å². The summed E-state index contributed by atoms with van der Waals surface area (Å²) >= 11 is 1.54. The van der Waals surface area contributed by atoms with E-state index in [2.05, 4.69) is 11.1 Å². The second kappa shape index (κ2) is 9.95. The third kappa shape index (κ3) is 5.19. The predicted molar refractivity (Wildman–Crippen MR) is 116 cm³/mol. The first kappa shape index (κ1) is 21.4. The second-order valence-electron chi connectivity index (χ2n) is 6.80. The number of carbonyl (C=O) groups is 1. The molecule has 0 saturated carbocycles. The first-order valence-corrected chi connectivity index (χ1v) is 10.4. The molecule has 1 aromatic heterocycles. The zero-order chi connectivity index (χ0) is 21.5. The molecule has 0 aliphatic heterocycles. The lowest BCUT2D eigenvalue weighted by Gasteiger charge is -2.15. The van der Waals surface area contributed by atoms with Gasteiger partial charge in [-0.25, -0.2) is 0 Å². The minimum absolute atomic E-state index is 0.0156. The first-order valence-electron chi connectivity index (χ1n) is 9.62. The maximum Gasteiger partial charge on any atom is 0.163 e. The third-order valence-corrected chi connectivity index (χ3v) is 5.48. The summed E-state index contributed by atoms with van der Waals surface area (Å²) in [5.74, 6) is 0.444. The van der Waals surface area contributed by atoms with Crippen LogP contribution in [0.2, 0.25) is 0 Å². The molecule has 0 atom stereocenters. The highest BCUT2D eigenvalue weighted by atomic mass is 32.2. The monoisotopic (exact) mass is 418 g/mol. The molecule has 0 spiro atoms. The molecule has 0 amide bonds. The lowest BCUT2D eigenvalue weighted by molar-refractivity contribution is 0.101. The molecule has 0 aliphatic rings. The number of Topliss-reactive ketones (excluding diaryl/α,β-unsaturated/α-hetero) is 1. The van der Waals surface area contributed by atoms with Gasteiger partial charge >= 0.3 is 0 Å². The average molecular weight is 419 g/mol. The van der Waals surface area contributed by atoms with Crippen molar-refractivity contribution in [3.63, 3.8) is 0 Å². The molecular weight excluding hydrogens is 396 g/mol. The van der Waals surface area contributed by atoms with Crippen LogP contribution < -0.4 is 4.74 Å². The van der Waals surface area contributed by atoms with E-state index >= 15 is 0 Å². The van der Waals surface area contributed by atoms with Crippen LogP contribution in [0.1, 0.15) is 47.3 Å². The predicted octanol–water partition coefficient (Wildman–Crippen LogP) is 5.54. The largest absolute Gasteiger partial charge is 0.507 e. The molecule has 3 rings (SSSR count). The molecule has 30 heavy (non-hydrogen) atoms. The summed E-state index contributed by atoms with van der Waals surface area (Å²) in [6, 6.07) is 15.2. The van der Waals surface area contributed by atoms with Crippen LogP contribution in [-0.2, 0) is 13.0 Å². The Morgan fingerprint density at radius 1 is 1.17 bits per heavy atom. The molecule has 0 saturated heterocycles. The quantitative estimate of drug-likeness (QED) is 0.483. The van der Waals surface area contributed by atoms with Crippen LogP contribution in [0.5, 0.6) is 11.5 Å². The van der Waals surface area contributed by atoms with E-state index in [9.17, 15) is 9.90 Å². The number of pyridine rings is 1. The van der Waals surface area contributed by atoms with Crippen molar-refractivity contribution < 1.29 is 14.6 Å². The molecule has 0 bridgehead atoms. The van der Waals surface area contributed by atoms with Gasteiger partial charge in [0.2, 0.25) is 0 Å². The molecule has 1 N–H and O–H groups in total. The van der Waals surface area contributed by atoms with Crippen molar-refractivity contribution in [1.29, 1.82) is 5.26 Å². The lowest BCUT2D eigenvalue weighted by Crippen LogP contribution is -2.02. The van der Waals surface area contributed by atoms with E-state index in [1.165, 1.54) is 24.9 Å². The van der Waals surface area contributed by atoms with E-state index < -0.39 is 0 Å². The van der Waals surface area contributed by atoms with Crippen LogP contribution in [0.15, 0.2) is 64.6 Å². The molecule has 0 fully saturated rings. The molecule has 1 heterocycles. The molecule has 5 nitrogen and oxygen atoms in total. The Morgan fingerprint density at radius 3 is 2.60 bits per heavy atom. The number of rotatable bonds is 8. The van der Waals surface area contributed by atoms with Crippen molar-refractivity contribution in [2.75, 3.05) is 0 Å². The van der Waals surface area contributed by atoms with E-state index in [0.29, 0.717) is 35.5 Å². The van der Waals surface area contributed by atoms with Crippen LogP contribution in [-0.4, -0.2) is 15.9 Å². The van der Waals surface area contributed by atoms with E-state index in [4.69, 9.17) is 10.00 Å². The number of nitrogens with zero attached hydrogens (tertiary/aromatic N) is 2. The normalized spacial score (nSPS) is 10.4. The molecule has 3 aromatic rings. The van der Waals surface area contributed by atoms with E-state index in [0.717, 1.165) is 21.8 Å². The highest BCUT2D eigenvalue weighted by Gasteiger charge is 2.16. The summed E-state index contributed by atoms with van der Waals surface area (Å²) in [4.78, 5) is 17.7. The van der Waals surface area contributed by atoms with Crippen molar-refractivity contribution in [2.24, 2.45) is 0 Å². The summed E-state index contributed by atoms with van der Waals surface area (Å²) in [7, 11) is 0. The van der Waals surface area contributed by atoms with Gasteiger partial charge in [-0.2, -0.15) is 5.26 Å². The minimum atomic E-state index is -0.167. The minimum Gasteiger partial charge on any atom is -0.507 e. The molecule has 0 radical (unpaired) electrons. The molecule has 6 heteroatoms. The van der Waals surface area contributed by atoms with Crippen molar-refractivity contribution >= 4 is 17.5 Å².